The van der Waals surface area contributed by atoms with Crippen LogP contribution in [0, 0.1) is 0 Å². The first-order chi connectivity index (χ1) is 15.6. The SMILES string of the molecule is Cn1cnc(-n2cc(-c3ccc(Cl)c(Cl)c3)c3c(=O)n(CC(=O)N4CC(C)(F)C4)ccc32)n1. The number of nitrogens with zero attached hydrogens (tertiary/aromatic N) is 6. The van der Waals surface area contributed by atoms with Crippen LogP contribution in [0.4, 0.5) is 4.39 Å². The Morgan fingerprint density at radius 3 is 2.61 bits per heavy atom. The Hall–Kier alpha value is -3.17. The molecule has 1 aliphatic heterocycles. The van der Waals surface area contributed by atoms with E-state index in [1.807, 2.05) is 0 Å². The average Bonchev–Trinajstić information content (AvgIpc) is 3.34. The number of aryl methyl sites for hydroxylation is 1. The summed E-state index contributed by atoms with van der Waals surface area (Å²) in [5, 5.41) is 5.47. The highest BCUT2D eigenvalue weighted by Crippen LogP contribution is 2.33. The number of aromatic nitrogens is 5. The molecule has 0 spiro atoms. The van der Waals surface area contributed by atoms with Crippen LogP contribution in [0.5, 0.6) is 0 Å². The lowest BCUT2D eigenvalue weighted by molar-refractivity contribution is -0.144. The Bertz CT molecular complexity index is 1460. The first-order valence-corrected chi connectivity index (χ1v) is 10.9. The zero-order valence-electron chi connectivity index (χ0n) is 17.8. The van der Waals surface area contributed by atoms with E-state index in [0.29, 0.717) is 38.0 Å². The lowest BCUT2D eigenvalue weighted by Crippen LogP contribution is -2.60. The molecule has 170 valence electrons. The number of halogens is 3. The minimum Gasteiger partial charge on any atom is -0.335 e. The summed E-state index contributed by atoms with van der Waals surface area (Å²) in [5.41, 5.74) is 0.124. The van der Waals surface area contributed by atoms with Gasteiger partial charge < -0.3 is 9.47 Å². The summed E-state index contributed by atoms with van der Waals surface area (Å²) in [4.78, 5) is 31.8. The van der Waals surface area contributed by atoms with Gasteiger partial charge in [0, 0.05) is 25.0 Å². The van der Waals surface area contributed by atoms with Crippen LogP contribution in [0.3, 0.4) is 0 Å². The number of alkyl halides is 1. The molecule has 0 radical (unpaired) electrons. The van der Waals surface area contributed by atoms with Crippen molar-refractivity contribution < 1.29 is 9.18 Å². The second-order valence-corrected chi connectivity index (χ2v) is 9.25. The van der Waals surface area contributed by atoms with Gasteiger partial charge >= 0.3 is 0 Å². The third-order valence-electron chi connectivity index (χ3n) is 5.66. The number of hydrogen-bond donors (Lipinski definition) is 0. The molecule has 4 aromatic rings. The van der Waals surface area contributed by atoms with Gasteiger partial charge in [0.2, 0.25) is 5.91 Å². The zero-order valence-corrected chi connectivity index (χ0v) is 19.3. The molecule has 5 rings (SSSR count). The number of pyridine rings is 1. The van der Waals surface area contributed by atoms with Gasteiger partial charge in [0.05, 0.1) is 34.0 Å². The number of carbonyl (C=O) groups is 1. The monoisotopic (exact) mass is 488 g/mol. The summed E-state index contributed by atoms with van der Waals surface area (Å²) < 4.78 is 18.4. The van der Waals surface area contributed by atoms with E-state index in [2.05, 4.69) is 10.1 Å². The molecule has 0 saturated carbocycles. The molecule has 8 nitrogen and oxygen atoms in total. The molecule has 4 heterocycles. The number of amides is 1. The third kappa shape index (κ3) is 3.81. The zero-order chi connectivity index (χ0) is 23.5. The number of rotatable bonds is 4. The van der Waals surface area contributed by atoms with E-state index in [1.54, 1.807) is 59.3 Å². The van der Waals surface area contributed by atoms with Crippen molar-refractivity contribution in [3.8, 4) is 17.1 Å². The lowest BCUT2D eigenvalue weighted by atomic mass is 9.99. The number of benzene rings is 1. The highest BCUT2D eigenvalue weighted by atomic mass is 35.5. The standard InChI is InChI=1S/C22H19Cl2FN6O2/c1-22(25)10-30(11-22)18(32)9-29-6-5-17-19(20(29)33)14(13-3-4-15(23)16(24)7-13)8-31(17)21-26-12-28(2)27-21/h3-8,12H,9-11H2,1-2H3. The Labute approximate surface area is 197 Å². The molecule has 0 atom stereocenters. The van der Waals surface area contributed by atoms with Crippen LogP contribution in [0.15, 0.2) is 47.8 Å². The summed E-state index contributed by atoms with van der Waals surface area (Å²) >= 11 is 12.3. The summed E-state index contributed by atoms with van der Waals surface area (Å²) in [6.45, 7) is 1.32. The van der Waals surface area contributed by atoms with Gasteiger partial charge in [-0.15, -0.1) is 5.10 Å². The largest absolute Gasteiger partial charge is 0.335 e. The van der Waals surface area contributed by atoms with E-state index >= 15 is 0 Å². The van der Waals surface area contributed by atoms with Gasteiger partial charge in [-0.25, -0.2) is 4.39 Å². The predicted octanol–water partition coefficient (Wildman–Crippen LogP) is 3.46. The van der Waals surface area contributed by atoms with Crippen LogP contribution in [0.1, 0.15) is 6.92 Å². The fourth-order valence-electron chi connectivity index (χ4n) is 4.06. The molecule has 0 bridgehead atoms. The molecule has 11 heteroatoms. The molecule has 1 amide bonds. The quantitative estimate of drug-likeness (QED) is 0.440. The molecule has 3 aromatic heterocycles. The van der Waals surface area contributed by atoms with Crippen molar-refractivity contribution in [1.82, 2.24) is 28.8 Å². The minimum absolute atomic E-state index is 0.0269. The lowest BCUT2D eigenvalue weighted by Gasteiger charge is -2.42. The van der Waals surface area contributed by atoms with Gasteiger partial charge in [-0.3, -0.25) is 18.8 Å². The fraction of sp³-hybridized carbons (Fsp3) is 0.273. The van der Waals surface area contributed by atoms with Gasteiger partial charge in [-0.2, -0.15) is 4.98 Å². The van der Waals surface area contributed by atoms with Crippen LogP contribution in [0.2, 0.25) is 10.0 Å². The van der Waals surface area contributed by atoms with Gasteiger partial charge in [-0.05, 0) is 30.7 Å². The fourth-order valence-corrected chi connectivity index (χ4v) is 4.36. The number of fused-ring (bicyclic) bond motifs is 1. The second kappa shape index (κ2) is 7.71. The van der Waals surface area contributed by atoms with Crippen LogP contribution in [-0.2, 0) is 18.4 Å². The van der Waals surface area contributed by atoms with Crippen molar-refractivity contribution in [3.05, 3.63) is 63.4 Å². The molecular weight excluding hydrogens is 470 g/mol. The number of carbonyl (C=O) groups excluding carboxylic acids is 1. The molecule has 1 aromatic carbocycles. The predicted molar refractivity (Wildman–Crippen MR) is 124 cm³/mol. The van der Waals surface area contributed by atoms with Crippen LogP contribution in [-0.4, -0.2) is 53.5 Å². The van der Waals surface area contributed by atoms with Crippen molar-refractivity contribution in [1.29, 1.82) is 0 Å². The number of hydrogen-bond acceptors (Lipinski definition) is 4. The van der Waals surface area contributed by atoms with Crippen molar-refractivity contribution in [2.45, 2.75) is 19.1 Å². The van der Waals surface area contributed by atoms with Gasteiger partial charge in [-0.1, -0.05) is 29.3 Å². The highest BCUT2D eigenvalue weighted by Gasteiger charge is 2.41. The molecule has 0 unspecified atom stereocenters. The Kier molecular flexibility index (Phi) is 5.06. The third-order valence-corrected chi connectivity index (χ3v) is 6.40. The summed E-state index contributed by atoms with van der Waals surface area (Å²) in [6.07, 6.45) is 4.87. The highest BCUT2D eigenvalue weighted by molar-refractivity contribution is 6.42. The summed E-state index contributed by atoms with van der Waals surface area (Å²) in [7, 11) is 1.75. The van der Waals surface area contributed by atoms with E-state index in [-0.39, 0.29) is 31.1 Å². The Balaban J connectivity index is 1.64. The molecule has 1 fully saturated rings. The van der Waals surface area contributed by atoms with Crippen molar-refractivity contribution in [3.63, 3.8) is 0 Å². The van der Waals surface area contributed by atoms with Crippen LogP contribution < -0.4 is 5.56 Å². The first-order valence-electron chi connectivity index (χ1n) is 10.2. The molecule has 0 aliphatic carbocycles. The van der Waals surface area contributed by atoms with Crippen molar-refractivity contribution in [2.24, 2.45) is 7.05 Å². The van der Waals surface area contributed by atoms with Gasteiger partial charge in [0.25, 0.3) is 11.5 Å². The first kappa shape index (κ1) is 21.7. The van der Waals surface area contributed by atoms with Gasteiger partial charge in [0.1, 0.15) is 18.5 Å². The molecule has 1 aliphatic rings. The summed E-state index contributed by atoms with van der Waals surface area (Å²) in [5.74, 6) is 0.0818. The van der Waals surface area contributed by atoms with E-state index < -0.39 is 5.67 Å². The van der Waals surface area contributed by atoms with Crippen molar-refractivity contribution >= 4 is 40.0 Å². The Morgan fingerprint density at radius 2 is 1.97 bits per heavy atom. The molecule has 33 heavy (non-hydrogen) atoms. The maximum Gasteiger partial charge on any atom is 0.261 e. The van der Waals surface area contributed by atoms with Crippen LogP contribution >= 0.6 is 23.2 Å². The summed E-state index contributed by atoms with van der Waals surface area (Å²) in [6, 6.07) is 6.84. The van der Waals surface area contributed by atoms with Crippen LogP contribution in [0.25, 0.3) is 28.0 Å². The second-order valence-electron chi connectivity index (χ2n) is 8.43. The maximum absolute atomic E-state index is 13.8. The van der Waals surface area contributed by atoms with E-state index in [0.717, 1.165) is 0 Å². The Morgan fingerprint density at radius 1 is 1.21 bits per heavy atom. The minimum atomic E-state index is -1.38. The van der Waals surface area contributed by atoms with E-state index in [9.17, 15) is 14.0 Å². The van der Waals surface area contributed by atoms with Crippen molar-refractivity contribution in [2.75, 3.05) is 13.1 Å². The molecule has 1 saturated heterocycles. The number of likely N-dealkylation sites (tertiary alicyclic amines) is 1. The molecular formula is C22H19Cl2FN6O2. The van der Waals surface area contributed by atoms with E-state index in [4.69, 9.17) is 23.2 Å². The van der Waals surface area contributed by atoms with E-state index in [1.165, 1.54) is 16.4 Å². The average molecular weight is 489 g/mol. The van der Waals surface area contributed by atoms with Gasteiger partial charge in [0.15, 0.2) is 0 Å². The maximum atomic E-state index is 13.8. The molecule has 0 N–H and O–H groups in total. The smallest absolute Gasteiger partial charge is 0.261 e. The normalized spacial score (nSPS) is 15.1. The topological polar surface area (TPSA) is 78.0 Å².